The number of unbranched alkanes of at least 4 members (excludes halogenated alkanes) is 1. The van der Waals surface area contributed by atoms with Gasteiger partial charge >= 0.3 is 11.2 Å². The van der Waals surface area contributed by atoms with Crippen LogP contribution < -0.4 is 5.56 Å². The largest absolute Gasteiger partial charge is 0.342 e. The van der Waals surface area contributed by atoms with Crippen molar-refractivity contribution in [2.75, 3.05) is 18.8 Å². The number of carbonyl (C=O) groups is 1. The Kier molecular flexibility index (Phi) is 6.01. The number of hydrogen-bond donors (Lipinski definition) is 0. The van der Waals surface area contributed by atoms with Crippen molar-refractivity contribution in [1.82, 2.24) is 9.47 Å². The predicted octanol–water partition coefficient (Wildman–Crippen LogP) is 3.42. The molecule has 0 saturated carbocycles. The third kappa shape index (κ3) is 4.10. The van der Waals surface area contributed by atoms with Crippen molar-refractivity contribution in [3.05, 3.63) is 38.3 Å². The molecule has 4 rings (SSSR count). The average Bonchev–Trinajstić information content (AvgIpc) is 3.19. The Morgan fingerprint density at radius 2 is 2.11 bits per heavy atom. The molecule has 2 fully saturated rings. The molecule has 9 heteroatoms. The number of carbonyl (C=O) groups excluding carboxylic acids is 1. The summed E-state index contributed by atoms with van der Waals surface area (Å²) in [4.78, 5) is 37.5. The SMILES string of the molecule is O=C(CCCC[C@@H]1CCSS1)N1C[C@H]2C[C@@H](C1)c1ccc([N+](=O)[O-])c(=O)n1C2. The molecule has 7 nitrogen and oxygen atoms in total. The highest BCUT2D eigenvalue weighted by molar-refractivity contribution is 8.77. The van der Waals surface area contributed by atoms with Crippen molar-refractivity contribution in [3.63, 3.8) is 0 Å². The molecule has 152 valence electrons. The quantitative estimate of drug-likeness (QED) is 0.302. The molecule has 0 aliphatic carbocycles. The number of likely N-dealkylation sites (tertiary alicyclic amines) is 1. The lowest BCUT2D eigenvalue weighted by molar-refractivity contribution is -0.386. The second kappa shape index (κ2) is 8.49. The van der Waals surface area contributed by atoms with E-state index >= 15 is 0 Å². The van der Waals surface area contributed by atoms with Crippen LogP contribution in [0.25, 0.3) is 0 Å². The van der Waals surface area contributed by atoms with Crippen LogP contribution in [0, 0.1) is 16.0 Å². The highest BCUT2D eigenvalue weighted by atomic mass is 33.1. The number of rotatable bonds is 6. The molecule has 3 aliphatic heterocycles. The van der Waals surface area contributed by atoms with E-state index in [1.165, 1.54) is 24.7 Å². The number of aromatic nitrogens is 1. The lowest BCUT2D eigenvalue weighted by Gasteiger charge is -2.42. The van der Waals surface area contributed by atoms with Gasteiger partial charge in [0.15, 0.2) is 0 Å². The van der Waals surface area contributed by atoms with Crippen LogP contribution in [-0.4, -0.2) is 44.4 Å². The average molecular weight is 424 g/mol. The predicted molar refractivity (Wildman–Crippen MR) is 112 cm³/mol. The molecule has 1 amide bonds. The topological polar surface area (TPSA) is 85.5 Å². The highest BCUT2D eigenvalue weighted by Crippen LogP contribution is 2.40. The van der Waals surface area contributed by atoms with E-state index in [0.29, 0.717) is 26.1 Å². The first kappa shape index (κ1) is 19.8. The number of amides is 1. The van der Waals surface area contributed by atoms with E-state index in [4.69, 9.17) is 0 Å². The number of fused-ring (bicyclic) bond motifs is 4. The Morgan fingerprint density at radius 3 is 2.86 bits per heavy atom. The summed E-state index contributed by atoms with van der Waals surface area (Å²) in [5.41, 5.74) is -0.0458. The molecule has 0 unspecified atom stereocenters. The molecule has 2 bridgehead atoms. The fraction of sp³-hybridized carbons (Fsp3) is 0.684. The number of nitrogens with zero attached hydrogens (tertiary/aromatic N) is 3. The van der Waals surface area contributed by atoms with Crippen molar-refractivity contribution in [2.45, 2.75) is 56.2 Å². The van der Waals surface area contributed by atoms with Crippen LogP contribution in [-0.2, 0) is 11.3 Å². The fourth-order valence-electron chi connectivity index (χ4n) is 4.65. The van der Waals surface area contributed by atoms with Crippen molar-refractivity contribution in [3.8, 4) is 0 Å². The van der Waals surface area contributed by atoms with Crippen molar-refractivity contribution in [1.29, 1.82) is 0 Å². The van der Waals surface area contributed by atoms with E-state index in [1.807, 2.05) is 26.5 Å². The number of nitro groups is 1. The number of piperidine rings is 1. The second-order valence-electron chi connectivity index (χ2n) is 7.99. The van der Waals surface area contributed by atoms with Crippen LogP contribution in [0.15, 0.2) is 16.9 Å². The second-order valence-corrected chi connectivity index (χ2v) is 10.8. The molecule has 28 heavy (non-hydrogen) atoms. The first-order chi connectivity index (χ1) is 13.5. The van der Waals surface area contributed by atoms with Gasteiger partial charge in [0, 0.05) is 54.7 Å². The summed E-state index contributed by atoms with van der Waals surface area (Å²) in [6.45, 7) is 1.73. The van der Waals surface area contributed by atoms with Crippen LogP contribution in [0.5, 0.6) is 0 Å². The summed E-state index contributed by atoms with van der Waals surface area (Å²) in [5, 5.41) is 11.8. The van der Waals surface area contributed by atoms with Crippen LogP contribution in [0.3, 0.4) is 0 Å². The van der Waals surface area contributed by atoms with E-state index in [-0.39, 0.29) is 23.4 Å². The lowest BCUT2D eigenvalue weighted by Crippen LogP contribution is -2.49. The zero-order valence-electron chi connectivity index (χ0n) is 15.7. The molecule has 3 aliphatic rings. The minimum atomic E-state index is -0.613. The molecule has 0 radical (unpaired) electrons. The molecule has 2 saturated heterocycles. The monoisotopic (exact) mass is 423 g/mol. The van der Waals surface area contributed by atoms with Gasteiger partial charge in [-0.2, -0.15) is 0 Å². The Balaban J connectivity index is 1.36. The molecule has 3 atom stereocenters. The molecular formula is C19H25N3O4S2. The lowest BCUT2D eigenvalue weighted by atomic mass is 9.83. The van der Waals surface area contributed by atoms with Gasteiger partial charge in [0.2, 0.25) is 5.91 Å². The highest BCUT2D eigenvalue weighted by Gasteiger charge is 2.37. The van der Waals surface area contributed by atoms with Gasteiger partial charge in [0.25, 0.3) is 0 Å². The van der Waals surface area contributed by atoms with Gasteiger partial charge in [0.1, 0.15) is 0 Å². The first-order valence-corrected chi connectivity index (χ1v) is 12.4. The molecule has 1 aromatic heterocycles. The van der Waals surface area contributed by atoms with Gasteiger partial charge in [-0.15, -0.1) is 0 Å². The van der Waals surface area contributed by atoms with E-state index in [1.54, 1.807) is 10.6 Å². The first-order valence-electron chi connectivity index (χ1n) is 9.97. The number of pyridine rings is 1. The van der Waals surface area contributed by atoms with E-state index in [2.05, 4.69) is 0 Å². The summed E-state index contributed by atoms with van der Waals surface area (Å²) in [6, 6.07) is 3.01. The van der Waals surface area contributed by atoms with E-state index in [0.717, 1.165) is 30.2 Å². The molecular weight excluding hydrogens is 398 g/mol. The molecule has 1 aromatic rings. The Labute approximate surface area is 171 Å². The van der Waals surface area contributed by atoms with Crippen LogP contribution >= 0.6 is 21.6 Å². The van der Waals surface area contributed by atoms with Gasteiger partial charge < -0.3 is 9.47 Å². The maximum absolute atomic E-state index is 12.7. The summed E-state index contributed by atoms with van der Waals surface area (Å²) in [5.74, 6) is 1.75. The van der Waals surface area contributed by atoms with E-state index < -0.39 is 10.5 Å². The summed E-state index contributed by atoms with van der Waals surface area (Å²) >= 11 is 0. The molecule has 0 N–H and O–H groups in total. The Bertz CT molecular complexity index is 822. The van der Waals surface area contributed by atoms with Crippen LogP contribution in [0.2, 0.25) is 0 Å². The van der Waals surface area contributed by atoms with Crippen molar-refractivity contribution >= 4 is 33.2 Å². The Hall–Kier alpha value is -1.48. The van der Waals surface area contributed by atoms with Gasteiger partial charge in [-0.1, -0.05) is 28.0 Å². The molecule has 0 aromatic carbocycles. The summed E-state index contributed by atoms with van der Waals surface area (Å²) < 4.78 is 1.57. The van der Waals surface area contributed by atoms with Gasteiger partial charge in [-0.3, -0.25) is 19.7 Å². The minimum Gasteiger partial charge on any atom is -0.342 e. The van der Waals surface area contributed by atoms with Gasteiger partial charge in [0.05, 0.1) is 4.92 Å². The zero-order valence-corrected chi connectivity index (χ0v) is 17.4. The van der Waals surface area contributed by atoms with Crippen LogP contribution in [0.4, 0.5) is 5.69 Å². The summed E-state index contributed by atoms with van der Waals surface area (Å²) in [6.07, 6.45) is 6.07. The maximum Gasteiger partial charge on any atom is 0.334 e. The third-order valence-electron chi connectivity index (χ3n) is 6.03. The molecule has 0 spiro atoms. The van der Waals surface area contributed by atoms with Gasteiger partial charge in [-0.05, 0) is 37.7 Å². The molecule has 4 heterocycles. The normalized spacial score (nSPS) is 26.1. The fourth-order valence-corrected chi connectivity index (χ4v) is 7.68. The van der Waals surface area contributed by atoms with Crippen molar-refractivity contribution in [2.24, 2.45) is 5.92 Å². The van der Waals surface area contributed by atoms with Gasteiger partial charge in [-0.25, -0.2) is 0 Å². The standard InChI is InChI=1S/C19H25N3O4S2/c23-18(4-2-1-3-15-7-8-27-28-15)20-10-13-9-14(12-20)16-5-6-17(22(25)26)19(24)21(16)11-13/h5-6,13-15H,1-4,7-12H2/t13-,14+,15-/m1/s1. The number of hydrogen-bond acceptors (Lipinski definition) is 6. The smallest absolute Gasteiger partial charge is 0.334 e. The zero-order chi connectivity index (χ0) is 19.7. The third-order valence-corrected chi connectivity index (χ3v) is 9.03. The van der Waals surface area contributed by atoms with Crippen molar-refractivity contribution < 1.29 is 9.72 Å². The minimum absolute atomic E-state index is 0.0943. The Morgan fingerprint density at radius 1 is 1.25 bits per heavy atom. The van der Waals surface area contributed by atoms with E-state index in [9.17, 15) is 19.7 Å². The maximum atomic E-state index is 12.7. The van der Waals surface area contributed by atoms with Crippen LogP contribution in [0.1, 0.15) is 50.1 Å². The summed E-state index contributed by atoms with van der Waals surface area (Å²) in [7, 11) is 3.95.